The van der Waals surface area contributed by atoms with Crippen molar-refractivity contribution in [2.45, 2.75) is 32.7 Å². The lowest BCUT2D eigenvalue weighted by Gasteiger charge is -2.21. The Balaban J connectivity index is 1.36. The lowest BCUT2D eigenvalue weighted by molar-refractivity contribution is -0.132. The van der Waals surface area contributed by atoms with Crippen LogP contribution in [0.25, 0.3) is 0 Å². The highest BCUT2D eigenvalue weighted by molar-refractivity contribution is 5.76. The highest BCUT2D eigenvalue weighted by Crippen LogP contribution is 2.32. The van der Waals surface area contributed by atoms with Gasteiger partial charge in [-0.1, -0.05) is 36.4 Å². The van der Waals surface area contributed by atoms with Gasteiger partial charge in [0.25, 0.3) is 0 Å². The lowest BCUT2D eigenvalue weighted by Crippen LogP contribution is -2.30. The second kappa shape index (κ2) is 9.97. The van der Waals surface area contributed by atoms with E-state index in [1.54, 1.807) is 0 Å². The fraction of sp³-hybridized carbons (Fsp3) is 0.409. The van der Waals surface area contributed by atoms with Gasteiger partial charge in [0.15, 0.2) is 11.5 Å². The fourth-order valence-corrected chi connectivity index (χ4v) is 3.06. The number of ether oxygens (including phenoxy) is 3. The van der Waals surface area contributed by atoms with E-state index in [0.29, 0.717) is 32.7 Å². The molecule has 0 atom stereocenters. The molecule has 1 heterocycles. The molecule has 0 N–H and O–H groups in total. The van der Waals surface area contributed by atoms with Crippen molar-refractivity contribution in [3.8, 4) is 11.5 Å². The topological polar surface area (TPSA) is 48.0 Å². The van der Waals surface area contributed by atoms with Crippen LogP contribution in [0.5, 0.6) is 11.5 Å². The Morgan fingerprint density at radius 2 is 1.85 bits per heavy atom. The number of rotatable bonds is 10. The van der Waals surface area contributed by atoms with Crippen LogP contribution in [0, 0.1) is 0 Å². The molecular formula is C22H27NO4. The van der Waals surface area contributed by atoms with E-state index < -0.39 is 0 Å². The molecule has 0 saturated heterocycles. The number of carbonyl (C=O) groups is 1. The van der Waals surface area contributed by atoms with Crippen molar-refractivity contribution in [2.75, 3.05) is 26.6 Å². The molecule has 27 heavy (non-hydrogen) atoms. The zero-order valence-electron chi connectivity index (χ0n) is 15.9. The van der Waals surface area contributed by atoms with Gasteiger partial charge >= 0.3 is 0 Å². The minimum atomic E-state index is 0.154. The predicted octanol–water partition coefficient (Wildman–Crippen LogP) is 3.80. The second-order valence-corrected chi connectivity index (χ2v) is 6.55. The Morgan fingerprint density at radius 3 is 2.67 bits per heavy atom. The first-order chi connectivity index (χ1) is 13.3. The summed E-state index contributed by atoms with van der Waals surface area (Å²) < 4.78 is 16.4. The molecule has 2 aromatic rings. The summed E-state index contributed by atoms with van der Waals surface area (Å²) in [7, 11) is 0. The predicted molar refractivity (Wildman–Crippen MR) is 104 cm³/mol. The summed E-state index contributed by atoms with van der Waals surface area (Å²) in [6.07, 6.45) is 2.15. The number of amides is 1. The number of fused-ring (bicyclic) bond motifs is 1. The molecule has 0 radical (unpaired) electrons. The van der Waals surface area contributed by atoms with Gasteiger partial charge in [0, 0.05) is 26.1 Å². The average molecular weight is 369 g/mol. The van der Waals surface area contributed by atoms with E-state index in [0.717, 1.165) is 29.9 Å². The van der Waals surface area contributed by atoms with Crippen LogP contribution in [-0.4, -0.2) is 37.4 Å². The number of benzene rings is 2. The Kier molecular flexibility index (Phi) is 7.11. The van der Waals surface area contributed by atoms with Gasteiger partial charge in [-0.15, -0.1) is 0 Å². The molecule has 1 amide bonds. The lowest BCUT2D eigenvalue weighted by atomic mass is 10.1. The maximum atomic E-state index is 12.5. The van der Waals surface area contributed by atoms with E-state index in [9.17, 15) is 4.79 Å². The van der Waals surface area contributed by atoms with Crippen molar-refractivity contribution in [1.82, 2.24) is 4.90 Å². The van der Waals surface area contributed by atoms with E-state index in [2.05, 4.69) is 12.1 Å². The largest absolute Gasteiger partial charge is 0.454 e. The minimum absolute atomic E-state index is 0.154. The first-order valence-electron chi connectivity index (χ1n) is 9.54. The monoisotopic (exact) mass is 369 g/mol. The standard InChI is InChI=1S/C22H27NO4/c1-2-23(16-19-10-11-20-21(15-19)27-17-26-20)22(24)9-6-13-25-14-12-18-7-4-3-5-8-18/h3-5,7-8,10-11,15H,2,6,9,12-14,16-17H2,1H3. The molecule has 144 valence electrons. The number of nitrogens with zero attached hydrogens (tertiary/aromatic N) is 1. The molecule has 1 aliphatic rings. The molecule has 0 saturated carbocycles. The van der Waals surface area contributed by atoms with Crippen molar-refractivity contribution in [3.05, 3.63) is 59.7 Å². The van der Waals surface area contributed by atoms with Crippen molar-refractivity contribution < 1.29 is 19.0 Å². The maximum absolute atomic E-state index is 12.5. The van der Waals surface area contributed by atoms with Crippen LogP contribution in [0.4, 0.5) is 0 Å². The van der Waals surface area contributed by atoms with Gasteiger partial charge in [-0.2, -0.15) is 0 Å². The number of hydrogen-bond acceptors (Lipinski definition) is 4. The van der Waals surface area contributed by atoms with Gasteiger partial charge < -0.3 is 19.1 Å². The summed E-state index contributed by atoms with van der Waals surface area (Å²) in [5.41, 5.74) is 2.32. The van der Waals surface area contributed by atoms with Gasteiger partial charge in [0.2, 0.25) is 12.7 Å². The molecule has 0 aromatic heterocycles. The van der Waals surface area contributed by atoms with Gasteiger partial charge in [-0.05, 0) is 43.0 Å². The molecular weight excluding hydrogens is 342 g/mol. The quantitative estimate of drug-likeness (QED) is 0.598. The Hall–Kier alpha value is -2.53. The summed E-state index contributed by atoms with van der Waals surface area (Å²) in [5, 5.41) is 0. The molecule has 1 aliphatic heterocycles. The maximum Gasteiger partial charge on any atom is 0.231 e. The smallest absolute Gasteiger partial charge is 0.231 e. The van der Waals surface area contributed by atoms with E-state index in [1.165, 1.54) is 5.56 Å². The van der Waals surface area contributed by atoms with Crippen molar-refractivity contribution in [2.24, 2.45) is 0 Å². The normalized spacial score (nSPS) is 12.2. The van der Waals surface area contributed by atoms with E-state index >= 15 is 0 Å². The van der Waals surface area contributed by atoms with Crippen LogP contribution in [0.3, 0.4) is 0 Å². The molecule has 2 aromatic carbocycles. The van der Waals surface area contributed by atoms with Crippen LogP contribution >= 0.6 is 0 Å². The highest BCUT2D eigenvalue weighted by Gasteiger charge is 2.16. The van der Waals surface area contributed by atoms with Crippen LogP contribution in [0.15, 0.2) is 48.5 Å². The first kappa shape index (κ1) is 19.2. The molecule has 0 unspecified atom stereocenters. The SMILES string of the molecule is CCN(Cc1ccc2c(c1)OCO2)C(=O)CCCOCCc1ccccc1. The second-order valence-electron chi connectivity index (χ2n) is 6.55. The van der Waals surface area contributed by atoms with E-state index in [-0.39, 0.29) is 12.7 Å². The summed E-state index contributed by atoms with van der Waals surface area (Å²) in [5.74, 6) is 1.67. The molecule has 0 bridgehead atoms. The molecule has 3 rings (SSSR count). The average Bonchev–Trinajstić information content (AvgIpc) is 3.17. The van der Waals surface area contributed by atoms with Crippen LogP contribution in [0.2, 0.25) is 0 Å². The van der Waals surface area contributed by atoms with Gasteiger partial charge in [-0.25, -0.2) is 0 Å². The minimum Gasteiger partial charge on any atom is -0.454 e. The summed E-state index contributed by atoms with van der Waals surface area (Å²) in [6.45, 7) is 4.83. The number of carbonyl (C=O) groups excluding carboxylic acids is 1. The zero-order chi connectivity index (χ0) is 18.9. The Labute approximate surface area is 160 Å². The first-order valence-corrected chi connectivity index (χ1v) is 9.54. The molecule has 5 heteroatoms. The van der Waals surface area contributed by atoms with Crippen LogP contribution in [0.1, 0.15) is 30.9 Å². The van der Waals surface area contributed by atoms with Crippen LogP contribution < -0.4 is 9.47 Å². The molecule has 0 aliphatic carbocycles. The summed E-state index contributed by atoms with van der Waals surface area (Å²) in [6, 6.07) is 16.1. The third kappa shape index (κ3) is 5.73. The third-order valence-corrected chi connectivity index (χ3v) is 4.60. The highest BCUT2D eigenvalue weighted by atomic mass is 16.7. The van der Waals surface area contributed by atoms with Crippen molar-refractivity contribution in [1.29, 1.82) is 0 Å². The van der Waals surface area contributed by atoms with Gasteiger partial charge in [0.05, 0.1) is 6.61 Å². The molecule has 0 fully saturated rings. The van der Waals surface area contributed by atoms with Gasteiger partial charge in [-0.3, -0.25) is 4.79 Å². The van der Waals surface area contributed by atoms with Crippen LogP contribution in [-0.2, 0) is 22.5 Å². The fourth-order valence-electron chi connectivity index (χ4n) is 3.06. The van der Waals surface area contributed by atoms with Crippen molar-refractivity contribution >= 4 is 5.91 Å². The van der Waals surface area contributed by atoms with Gasteiger partial charge in [0.1, 0.15) is 0 Å². The molecule has 0 spiro atoms. The summed E-state index contributed by atoms with van der Waals surface area (Å²) in [4.78, 5) is 14.3. The Morgan fingerprint density at radius 1 is 1.04 bits per heavy atom. The summed E-state index contributed by atoms with van der Waals surface area (Å²) >= 11 is 0. The third-order valence-electron chi connectivity index (χ3n) is 4.60. The Bertz CT molecular complexity index is 732. The zero-order valence-corrected chi connectivity index (χ0v) is 15.9. The van der Waals surface area contributed by atoms with E-state index in [1.807, 2.05) is 48.2 Å². The van der Waals surface area contributed by atoms with Crippen molar-refractivity contribution in [3.63, 3.8) is 0 Å². The van der Waals surface area contributed by atoms with E-state index in [4.69, 9.17) is 14.2 Å². The number of hydrogen-bond donors (Lipinski definition) is 0. The molecule has 5 nitrogen and oxygen atoms in total.